The molecule has 0 amide bonds. The lowest BCUT2D eigenvalue weighted by Gasteiger charge is -2.16. The van der Waals surface area contributed by atoms with Gasteiger partial charge in [0.15, 0.2) is 0 Å². The highest BCUT2D eigenvalue weighted by Gasteiger charge is 2.33. The van der Waals surface area contributed by atoms with Gasteiger partial charge in [-0.1, -0.05) is 20.8 Å². The molecule has 1 aliphatic rings. The first-order chi connectivity index (χ1) is 4.61. The number of hydrogen-bond acceptors (Lipinski definition) is 1. The number of rotatable bonds is 3. The van der Waals surface area contributed by atoms with Crippen LogP contribution in [0.3, 0.4) is 0 Å². The average Bonchev–Trinajstić information content (AvgIpc) is 2.46. The Labute approximate surface area is 64.2 Å². The van der Waals surface area contributed by atoms with Gasteiger partial charge in [-0.2, -0.15) is 0 Å². The van der Waals surface area contributed by atoms with Gasteiger partial charge in [-0.15, -0.1) is 0 Å². The zero-order valence-electron chi connectivity index (χ0n) is 7.52. The molecule has 3 unspecified atom stereocenters. The summed E-state index contributed by atoms with van der Waals surface area (Å²) in [6, 6.07) is 1.52. The van der Waals surface area contributed by atoms with Gasteiger partial charge in [0.2, 0.25) is 0 Å². The molecule has 1 N–H and O–H groups in total. The van der Waals surface area contributed by atoms with Crippen molar-refractivity contribution in [2.45, 2.75) is 46.2 Å². The van der Waals surface area contributed by atoms with Gasteiger partial charge < -0.3 is 5.32 Å². The highest BCUT2D eigenvalue weighted by Crippen LogP contribution is 2.29. The van der Waals surface area contributed by atoms with E-state index >= 15 is 0 Å². The van der Waals surface area contributed by atoms with Crippen LogP contribution in [0.4, 0.5) is 0 Å². The second-order valence-electron chi connectivity index (χ2n) is 4.02. The lowest BCUT2D eigenvalue weighted by atomic mass is 10.1. The Kier molecular flexibility index (Phi) is 2.35. The molecule has 1 heteroatoms. The predicted octanol–water partition coefficient (Wildman–Crippen LogP) is 2.03. The molecule has 0 radical (unpaired) electrons. The van der Waals surface area contributed by atoms with Crippen LogP contribution < -0.4 is 5.32 Å². The Morgan fingerprint density at radius 2 is 1.80 bits per heavy atom. The van der Waals surface area contributed by atoms with Gasteiger partial charge in [0.05, 0.1) is 0 Å². The monoisotopic (exact) mass is 141 g/mol. The predicted molar refractivity (Wildman–Crippen MR) is 45.0 cm³/mol. The van der Waals surface area contributed by atoms with E-state index in [4.69, 9.17) is 0 Å². The Hall–Kier alpha value is -0.0400. The van der Waals surface area contributed by atoms with Gasteiger partial charge in [-0.25, -0.2) is 0 Å². The van der Waals surface area contributed by atoms with Crippen molar-refractivity contribution in [3.63, 3.8) is 0 Å². The largest absolute Gasteiger partial charge is 0.311 e. The van der Waals surface area contributed by atoms with Crippen molar-refractivity contribution in [3.8, 4) is 0 Å². The van der Waals surface area contributed by atoms with Crippen molar-refractivity contribution in [2.75, 3.05) is 0 Å². The van der Waals surface area contributed by atoms with E-state index in [9.17, 15) is 0 Å². The van der Waals surface area contributed by atoms with Crippen LogP contribution >= 0.6 is 0 Å². The molecule has 0 bridgehead atoms. The molecular formula is C9H19N. The molecule has 0 spiro atoms. The minimum Gasteiger partial charge on any atom is -0.311 e. The minimum absolute atomic E-state index is 0.690. The molecule has 1 saturated carbocycles. The molecule has 3 atom stereocenters. The maximum Gasteiger partial charge on any atom is 0.00989 e. The van der Waals surface area contributed by atoms with Crippen molar-refractivity contribution in [2.24, 2.45) is 11.8 Å². The van der Waals surface area contributed by atoms with Crippen LogP contribution in [0.15, 0.2) is 0 Å². The van der Waals surface area contributed by atoms with Crippen LogP contribution in [0.1, 0.15) is 34.1 Å². The third-order valence-electron chi connectivity index (χ3n) is 2.59. The summed E-state index contributed by atoms with van der Waals surface area (Å²) in [4.78, 5) is 0. The van der Waals surface area contributed by atoms with E-state index in [1.807, 2.05) is 0 Å². The highest BCUT2D eigenvalue weighted by atomic mass is 15.0. The van der Waals surface area contributed by atoms with E-state index < -0.39 is 0 Å². The standard InChI is InChI=1S/C9H19N/c1-6(2)8(4)10-9-5-7(9)3/h6-10H,5H2,1-4H3. The smallest absolute Gasteiger partial charge is 0.00989 e. The summed E-state index contributed by atoms with van der Waals surface area (Å²) in [7, 11) is 0. The van der Waals surface area contributed by atoms with Gasteiger partial charge >= 0.3 is 0 Å². The zero-order chi connectivity index (χ0) is 7.72. The first kappa shape index (κ1) is 8.06. The fourth-order valence-electron chi connectivity index (χ4n) is 1.08. The molecular weight excluding hydrogens is 122 g/mol. The molecule has 1 nitrogen and oxygen atoms in total. The third-order valence-corrected chi connectivity index (χ3v) is 2.59. The summed E-state index contributed by atoms with van der Waals surface area (Å²) in [5.74, 6) is 1.70. The van der Waals surface area contributed by atoms with Crippen LogP contribution in [-0.2, 0) is 0 Å². The summed E-state index contributed by atoms with van der Waals surface area (Å²) >= 11 is 0. The third kappa shape index (κ3) is 1.98. The van der Waals surface area contributed by atoms with Crippen LogP contribution in [0.25, 0.3) is 0 Å². The Bertz CT molecular complexity index is 109. The second kappa shape index (κ2) is 2.91. The summed E-state index contributed by atoms with van der Waals surface area (Å²) in [5, 5.41) is 3.60. The molecule has 0 aromatic heterocycles. The van der Waals surface area contributed by atoms with Crippen molar-refractivity contribution in [3.05, 3.63) is 0 Å². The SMILES string of the molecule is CC(C)C(C)NC1CC1C. The molecule has 1 aliphatic carbocycles. The van der Waals surface area contributed by atoms with Gasteiger partial charge in [-0.05, 0) is 25.2 Å². The molecule has 0 aromatic rings. The van der Waals surface area contributed by atoms with E-state index in [2.05, 4.69) is 33.0 Å². The quantitative estimate of drug-likeness (QED) is 0.634. The Morgan fingerprint density at radius 3 is 2.10 bits per heavy atom. The molecule has 60 valence electrons. The number of hydrogen-bond donors (Lipinski definition) is 1. The molecule has 0 aliphatic heterocycles. The molecule has 0 heterocycles. The van der Waals surface area contributed by atoms with Crippen molar-refractivity contribution >= 4 is 0 Å². The van der Waals surface area contributed by atoms with Crippen molar-refractivity contribution in [1.82, 2.24) is 5.32 Å². The summed E-state index contributed by atoms with van der Waals surface area (Å²) in [6.45, 7) is 9.12. The van der Waals surface area contributed by atoms with E-state index in [1.165, 1.54) is 6.42 Å². The van der Waals surface area contributed by atoms with Crippen molar-refractivity contribution in [1.29, 1.82) is 0 Å². The lowest BCUT2D eigenvalue weighted by Crippen LogP contribution is -2.33. The van der Waals surface area contributed by atoms with Crippen molar-refractivity contribution < 1.29 is 0 Å². The second-order valence-corrected chi connectivity index (χ2v) is 4.02. The van der Waals surface area contributed by atoms with Gasteiger partial charge in [0.25, 0.3) is 0 Å². The van der Waals surface area contributed by atoms with E-state index in [1.54, 1.807) is 0 Å². The van der Waals surface area contributed by atoms with E-state index in [-0.39, 0.29) is 0 Å². The summed E-state index contributed by atoms with van der Waals surface area (Å²) in [5.41, 5.74) is 0. The number of nitrogens with one attached hydrogen (secondary N) is 1. The Balaban J connectivity index is 2.13. The van der Waals surface area contributed by atoms with Gasteiger partial charge in [-0.3, -0.25) is 0 Å². The van der Waals surface area contributed by atoms with Gasteiger partial charge in [0, 0.05) is 12.1 Å². The summed E-state index contributed by atoms with van der Waals surface area (Å²) < 4.78 is 0. The first-order valence-corrected chi connectivity index (χ1v) is 4.37. The fraction of sp³-hybridized carbons (Fsp3) is 1.00. The maximum atomic E-state index is 3.60. The molecule has 0 saturated heterocycles. The van der Waals surface area contributed by atoms with Crippen LogP contribution in [-0.4, -0.2) is 12.1 Å². The van der Waals surface area contributed by atoms with Crippen LogP contribution in [0, 0.1) is 11.8 Å². The topological polar surface area (TPSA) is 12.0 Å². The van der Waals surface area contributed by atoms with E-state index in [0.717, 1.165) is 17.9 Å². The molecule has 10 heavy (non-hydrogen) atoms. The zero-order valence-corrected chi connectivity index (χ0v) is 7.52. The highest BCUT2D eigenvalue weighted by molar-refractivity contribution is 4.91. The molecule has 1 fully saturated rings. The average molecular weight is 141 g/mol. The lowest BCUT2D eigenvalue weighted by molar-refractivity contribution is 0.417. The first-order valence-electron chi connectivity index (χ1n) is 4.37. The normalized spacial score (nSPS) is 34.5. The van der Waals surface area contributed by atoms with Crippen LogP contribution in [0.2, 0.25) is 0 Å². The maximum absolute atomic E-state index is 3.60. The summed E-state index contributed by atoms with van der Waals surface area (Å²) in [6.07, 6.45) is 1.39. The van der Waals surface area contributed by atoms with Crippen LogP contribution in [0.5, 0.6) is 0 Å². The van der Waals surface area contributed by atoms with Gasteiger partial charge in [0.1, 0.15) is 0 Å². The Morgan fingerprint density at radius 1 is 1.30 bits per heavy atom. The molecule has 1 rings (SSSR count). The fourth-order valence-corrected chi connectivity index (χ4v) is 1.08. The van der Waals surface area contributed by atoms with E-state index in [0.29, 0.717) is 6.04 Å². The minimum atomic E-state index is 0.690. The molecule has 0 aromatic carbocycles.